The van der Waals surface area contributed by atoms with Gasteiger partial charge in [0.1, 0.15) is 12.2 Å². The van der Waals surface area contributed by atoms with Crippen LogP contribution < -0.4 is 0 Å². The van der Waals surface area contributed by atoms with Gasteiger partial charge in [-0.1, -0.05) is 12.5 Å². The topological polar surface area (TPSA) is 155 Å². The molecule has 2 aliphatic heterocycles. The van der Waals surface area contributed by atoms with Crippen LogP contribution in [-0.2, 0) is 42.9 Å². The second-order valence-electron chi connectivity index (χ2n) is 11.7. The first-order valence-corrected chi connectivity index (χ1v) is 12.7. The standard InChI is InChI=1S/C27H34O11/c1-11(2)7-16(29)38-19-21-26-10-36-27(21,24(33)35-6)22(31)17(30)20(26)25(4)9-14(28)18(34-5)12(3)13(25)8-15(26)37-23(19)32/h7,13,15,17,19-22,30-31H,8-10H2,1-6H3/t13-,15+,17+,19+,20+,21+,22-,25-,26+,27-/m0/s1. The minimum atomic E-state index is -2.19. The van der Waals surface area contributed by atoms with E-state index in [9.17, 15) is 29.4 Å². The highest BCUT2D eigenvalue weighted by molar-refractivity contribution is 5.96. The molecule has 2 N–H and O–H groups in total. The largest absolute Gasteiger partial charge is 0.493 e. The zero-order chi connectivity index (χ0) is 27.9. The lowest BCUT2D eigenvalue weighted by molar-refractivity contribution is -0.290. The summed E-state index contributed by atoms with van der Waals surface area (Å²) in [6.07, 6.45) is -4.40. The Balaban J connectivity index is 1.74. The summed E-state index contributed by atoms with van der Waals surface area (Å²) in [5.74, 6) is -5.16. The van der Waals surface area contributed by atoms with Crippen LogP contribution in [0.3, 0.4) is 0 Å². The number of hydrogen-bond acceptors (Lipinski definition) is 11. The second kappa shape index (κ2) is 8.62. The van der Waals surface area contributed by atoms with Crippen molar-refractivity contribution < 1.29 is 53.1 Å². The molecule has 5 rings (SSSR count). The van der Waals surface area contributed by atoms with Gasteiger partial charge in [-0.05, 0) is 44.1 Å². The molecule has 0 aromatic carbocycles. The average molecular weight is 535 g/mol. The average Bonchev–Trinajstić information content (AvgIpc) is 3.14. The molecule has 0 aromatic rings. The summed E-state index contributed by atoms with van der Waals surface area (Å²) in [5, 5.41) is 23.3. The Labute approximate surface area is 220 Å². The highest BCUT2D eigenvalue weighted by atomic mass is 16.6. The van der Waals surface area contributed by atoms with Crippen LogP contribution in [0.2, 0.25) is 0 Å². The molecule has 0 amide bonds. The summed E-state index contributed by atoms with van der Waals surface area (Å²) in [5.41, 5.74) is -3.09. The summed E-state index contributed by atoms with van der Waals surface area (Å²) in [6, 6.07) is 0. The van der Waals surface area contributed by atoms with E-state index in [1.807, 2.05) is 6.92 Å². The quantitative estimate of drug-likeness (QED) is 0.296. The molecule has 3 aliphatic carbocycles. The van der Waals surface area contributed by atoms with Gasteiger partial charge < -0.3 is 33.9 Å². The lowest BCUT2D eigenvalue weighted by Crippen LogP contribution is -2.79. The van der Waals surface area contributed by atoms with Gasteiger partial charge >= 0.3 is 17.9 Å². The van der Waals surface area contributed by atoms with E-state index in [0.29, 0.717) is 11.1 Å². The third-order valence-electron chi connectivity index (χ3n) is 9.67. The molecule has 0 unspecified atom stereocenters. The van der Waals surface area contributed by atoms with Crippen LogP contribution in [0, 0.1) is 28.6 Å². The van der Waals surface area contributed by atoms with Crippen molar-refractivity contribution in [1.29, 1.82) is 0 Å². The molecule has 1 spiro atoms. The number of fused-ring (bicyclic) bond motifs is 2. The van der Waals surface area contributed by atoms with Gasteiger partial charge in [0.25, 0.3) is 0 Å². The van der Waals surface area contributed by atoms with Crippen molar-refractivity contribution in [2.24, 2.45) is 28.6 Å². The van der Waals surface area contributed by atoms with E-state index in [4.69, 9.17) is 23.7 Å². The molecule has 11 nitrogen and oxygen atoms in total. The van der Waals surface area contributed by atoms with Crippen LogP contribution in [0.1, 0.15) is 40.5 Å². The number of rotatable bonds is 4. The number of aliphatic hydroxyl groups is 2. The van der Waals surface area contributed by atoms with Crippen molar-refractivity contribution in [2.45, 2.75) is 70.6 Å². The van der Waals surface area contributed by atoms with Gasteiger partial charge in [-0.2, -0.15) is 0 Å². The van der Waals surface area contributed by atoms with Crippen LogP contribution in [0.15, 0.2) is 23.0 Å². The first-order valence-electron chi connectivity index (χ1n) is 12.7. The Hall–Kier alpha value is -2.76. The lowest BCUT2D eigenvalue weighted by Gasteiger charge is -2.67. The number of ketones is 1. The highest BCUT2D eigenvalue weighted by Crippen LogP contribution is 2.72. The van der Waals surface area contributed by atoms with Gasteiger partial charge in [0.2, 0.25) is 11.7 Å². The molecule has 38 heavy (non-hydrogen) atoms. The van der Waals surface area contributed by atoms with Crippen molar-refractivity contribution in [2.75, 3.05) is 20.8 Å². The van der Waals surface area contributed by atoms with E-state index in [1.165, 1.54) is 13.2 Å². The smallest absolute Gasteiger partial charge is 0.348 e. The zero-order valence-corrected chi connectivity index (χ0v) is 22.3. The molecular formula is C27H34O11. The van der Waals surface area contributed by atoms with Crippen molar-refractivity contribution >= 4 is 23.7 Å². The van der Waals surface area contributed by atoms with Crippen molar-refractivity contribution in [1.82, 2.24) is 0 Å². The van der Waals surface area contributed by atoms with Crippen LogP contribution in [-0.4, -0.2) is 84.7 Å². The molecule has 0 radical (unpaired) electrons. The second-order valence-corrected chi connectivity index (χ2v) is 11.7. The van der Waals surface area contributed by atoms with E-state index in [-0.39, 0.29) is 36.9 Å². The molecule has 10 atom stereocenters. The summed E-state index contributed by atoms with van der Waals surface area (Å²) in [4.78, 5) is 52.7. The van der Waals surface area contributed by atoms with Gasteiger partial charge in [-0.15, -0.1) is 0 Å². The van der Waals surface area contributed by atoms with E-state index in [0.717, 1.165) is 7.11 Å². The van der Waals surface area contributed by atoms with Gasteiger partial charge in [0, 0.05) is 23.8 Å². The van der Waals surface area contributed by atoms with Gasteiger partial charge in [-0.25, -0.2) is 14.4 Å². The zero-order valence-electron chi connectivity index (χ0n) is 22.3. The van der Waals surface area contributed by atoms with Crippen molar-refractivity contribution in [3.8, 4) is 0 Å². The monoisotopic (exact) mass is 534 g/mol. The van der Waals surface area contributed by atoms with Crippen molar-refractivity contribution in [3.05, 3.63) is 23.0 Å². The predicted octanol–water partition coefficient (Wildman–Crippen LogP) is 0.605. The van der Waals surface area contributed by atoms with Crippen LogP contribution in [0.25, 0.3) is 0 Å². The van der Waals surface area contributed by atoms with Crippen LogP contribution in [0.5, 0.6) is 0 Å². The third kappa shape index (κ3) is 3.12. The highest BCUT2D eigenvalue weighted by Gasteiger charge is 2.85. The molecule has 11 heteroatoms. The van der Waals surface area contributed by atoms with Crippen molar-refractivity contribution in [3.63, 3.8) is 0 Å². The summed E-state index contributed by atoms with van der Waals surface area (Å²) < 4.78 is 28.1. The van der Waals surface area contributed by atoms with Gasteiger partial charge in [0.05, 0.1) is 32.8 Å². The fourth-order valence-electron chi connectivity index (χ4n) is 8.52. The van der Waals surface area contributed by atoms with E-state index in [1.54, 1.807) is 20.8 Å². The fraction of sp³-hybridized carbons (Fsp3) is 0.704. The number of aliphatic hydroxyl groups excluding tert-OH is 2. The van der Waals surface area contributed by atoms with E-state index >= 15 is 0 Å². The third-order valence-corrected chi connectivity index (χ3v) is 9.67. The van der Waals surface area contributed by atoms with E-state index in [2.05, 4.69) is 0 Å². The number of allylic oxidation sites excluding steroid dienone is 3. The van der Waals surface area contributed by atoms with Crippen LogP contribution >= 0.6 is 0 Å². The molecule has 5 aliphatic rings. The molecule has 4 fully saturated rings. The number of esters is 3. The number of carbonyl (C=O) groups excluding carboxylic acids is 4. The maximum absolute atomic E-state index is 13.5. The minimum absolute atomic E-state index is 0.00475. The number of ether oxygens (including phenoxy) is 5. The Morgan fingerprint density at radius 2 is 1.82 bits per heavy atom. The van der Waals surface area contributed by atoms with E-state index < -0.39 is 70.6 Å². The maximum atomic E-state index is 13.5. The first kappa shape index (κ1) is 26.8. The molecule has 2 saturated heterocycles. The Bertz CT molecular complexity index is 1170. The summed E-state index contributed by atoms with van der Waals surface area (Å²) in [7, 11) is 2.53. The number of Topliss-reactive ketones (excluding diaryl/α,β-unsaturated/α-hetero) is 1. The summed E-state index contributed by atoms with van der Waals surface area (Å²) in [6.45, 7) is 6.81. The number of carbonyl (C=O) groups is 4. The Morgan fingerprint density at radius 3 is 2.42 bits per heavy atom. The molecule has 0 aromatic heterocycles. The fourth-order valence-corrected chi connectivity index (χ4v) is 8.52. The Kier molecular flexibility index (Phi) is 6.09. The predicted molar refractivity (Wildman–Crippen MR) is 127 cm³/mol. The molecule has 2 saturated carbocycles. The van der Waals surface area contributed by atoms with Gasteiger partial charge in [-0.3, -0.25) is 4.79 Å². The minimum Gasteiger partial charge on any atom is -0.493 e. The normalized spacial score (nSPS) is 44.9. The SMILES string of the molecule is COC(=O)[C@@]12OC[C@]34[C@H]([C@@H](O)[C@@H]1O)[C@@]1(C)CC(=O)C(OC)=C(C)[C@@H]1C[C@H]3OC(=O)[C@H](OC(=O)C=C(C)C)[C@@H]24. The van der Waals surface area contributed by atoms with Crippen LogP contribution in [0.4, 0.5) is 0 Å². The number of methoxy groups -OCH3 is 2. The molecule has 2 heterocycles. The summed E-state index contributed by atoms with van der Waals surface area (Å²) >= 11 is 0. The van der Waals surface area contributed by atoms with Gasteiger partial charge in [0.15, 0.2) is 11.5 Å². The number of hydrogen-bond donors (Lipinski definition) is 2. The molecule has 2 bridgehead atoms. The maximum Gasteiger partial charge on any atom is 0.348 e. The molecular weight excluding hydrogens is 500 g/mol. The Morgan fingerprint density at radius 1 is 1.13 bits per heavy atom. The lowest BCUT2D eigenvalue weighted by atomic mass is 9.38. The first-order chi connectivity index (χ1) is 17.8. The molecule has 208 valence electrons.